The van der Waals surface area contributed by atoms with Crippen molar-refractivity contribution in [1.29, 1.82) is 0 Å². The van der Waals surface area contributed by atoms with Crippen molar-refractivity contribution in [2.75, 3.05) is 13.7 Å². The van der Waals surface area contributed by atoms with E-state index in [0.717, 1.165) is 41.5 Å². The van der Waals surface area contributed by atoms with Gasteiger partial charge in [0.25, 0.3) is 0 Å². The van der Waals surface area contributed by atoms with E-state index in [2.05, 4.69) is 23.6 Å². The third-order valence-corrected chi connectivity index (χ3v) is 8.23. The summed E-state index contributed by atoms with van der Waals surface area (Å²) in [6, 6.07) is 14.7. The monoisotopic (exact) mass is 440 g/mol. The van der Waals surface area contributed by atoms with E-state index in [1.54, 1.807) is 12.1 Å². The minimum Gasteiger partial charge on any atom is -0.468 e. The highest BCUT2D eigenvalue weighted by Crippen LogP contribution is 2.31. The smallest absolute Gasteiger partial charge is 0.324 e. The molecule has 0 spiro atoms. The molecular weight excluding hydrogens is 412 g/mol. The van der Waals surface area contributed by atoms with Crippen molar-refractivity contribution in [2.45, 2.75) is 50.6 Å². The number of aromatic nitrogens is 1. The Hall–Kier alpha value is -2.64. The highest BCUT2D eigenvalue weighted by atomic mass is 32.2. The summed E-state index contributed by atoms with van der Waals surface area (Å²) in [5, 5.41) is 0.918. The Bertz CT molecular complexity index is 1220. The summed E-state index contributed by atoms with van der Waals surface area (Å²) in [4.78, 5) is 12.4. The predicted octanol–water partition coefficient (Wildman–Crippen LogP) is 4.02. The second kappa shape index (κ2) is 8.48. The van der Waals surface area contributed by atoms with E-state index in [9.17, 15) is 13.2 Å². The van der Waals surface area contributed by atoms with Gasteiger partial charge in [0.15, 0.2) is 0 Å². The molecule has 3 aromatic rings. The molecule has 0 N–H and O–H groups in total. The van der Waals surface area contributed by atoms with Crippen LogP contribution >= 0.6 is 0 Å². The van der Waals surface area contributed by atoms with Crippen molar-refractivity contribution >= 4 is 26.9 Å². The number of ether oxygens (including phenoxy) is 1. The molecule has 2 heterocycles. The van der Waals surface area contributed by atoms with Gasteiger partial charge in [-0.2, -0.15) is 4.31 Å². The van der Waals surface area contributed by atoms with Crippen LogP contribution in [0.4, 0.5) is 0 Å². The summed E-state index contributed by atoms with van der Waals surface area (Å²) in [6.45, 7) is 5.13. The maximum Gasteiger partial charge on any atom is 0.324 e. The van der Waals surface area contributed by atoms with Gasteiger partial charge < -0.3 is 9.30 Å². The highest BCUT2D eigenvalue weighted by Gasteiger charge is 2.38. The van der Waals surface area contributed by atoms with Gasteiger partial charge in [-0.1, -0.05) is 30.3 Å². The summed E-state index contributed by atoms with van der Waals surface area (Å²) in [6.07, 6.45) is 2.03. The normalized spacial score (nSPS) is 17.7. The quantitative estimate of drug-likeness (QED) is 0.562. The van der Waals surface area contributed by atoms with E-state index in [0.29, 0.717) is 13.0 Å². The molecule has 1 atom stereocenters. The average molecular weight is 441 g/mol. The summed E-state index contributed by atoms with van der Waals surface area (Å²) < 4.78 is 35.3. The van der Waals surface area contributed by atoms with E-state index >= 15 is 0 Å². The Morgan fingerprint density at radius 2 is 1.84 bits per heavy atom. The third kappa shape index (κ3) is 3.88. The van der Waals surface area contributed by atoms with Crippen LogP contribution in [-0.4, -0.2) is 43.0 Å². The Balaban J connectivity index is 1.75. The van der Waals surface area contributed by atoms with Crippen molar-refractivity contribution < 1.29 is 17.9 Å². The first-order valence-electron chi connectivity index (χ1n) is 10.6. The van der Waals surface area contributed by atoms with Gasteiger partial charge in [-0.25, -0.2) is 8.42 Å². The number of nitrogens with zero attached hydrogens (tertiary/aromatic N) is 2. The van der Waals surface area contributed by atoms with Crippen molar-refractivity contribution in [3.8, 4) is 0 Å². The fraction of sp³-hybridized carbons (Fsp3) is 0.375. The first kappa shape index (κ1) is 21.6. The molecule has 4 rings (SSSR count). The van der Waals surface area contributed by atoms with Crippen LogP contribution in [0.25, 0.3) is 10.9 Å². The molecule has 1 aliphatic rings. The first-order chi connectivity index (χ1) is 14.8. The van der Waals surface area contributed by atoms with Gasteiger partial charge in [-0.05, 0) is 62.4 Å². The van der Waals surface area contributed by atoms with Crippen molar-refractivity contribution in [1.82, 2.24) is 8.87 Å². The molecule has 1 fully saturated rings. The van der Waals surface area contributed by atoms with Crippen molar-refractivity contribution in [3.63, 3.8) is 0 Å². The summed E-state index contributed by atoms with van der Waals surface area (Å²) in [5.74, 6) is -0.495. The number of hydrogen-bond donors (Lipinski definition) is 0. The molecule has 31 heavy (non-hydrogen) atoms. The molecule has 1 aliphatic heterocycles. The molecule has 0 saturated carbocycles. The molecule has 0 radical (unpaired) electrons. The summed E-state index contributed by atoms with van der Waals surface area (Å²) in [7, 11) is -2.51. The van der Waals surface area contributed by atoms with Crippen LogP contribution in [0.1, 0.15) is 36.1 Å². The van der Waals surface area contributed by atoms with E-state index in [1.807, 2.05) is 31.2 Å². The number of esters is 1. The number of methoxy groups -OCH3 is 1. The highest BCUT2D eigenvalue weighted by molar-refractivity contribution is 7.89. The Morgan fingerprint density at radius 1 is 1.10 bits per heavy atom. The topological polar surface area (TPSA) is 68.6 Å². The largest absolute Gasteiger partial charge is 0.468 e. The van der Waals surface area contributed by atoms with Crippen LogP contribution < -0.4 is 0 Å². The number of fused-ring (bicyclic) bond motifs is 1. The van der Waals surface area contributed by atoms with E-state index in [-0.39, 0.29) is 4.90 Å². The van der Waals surface area contributed by atoms with Gasteiger partial charge in [0.2, 0.25) is 10.0 Å². The van der Waals surface area contributed by atoms with Crippen molar-refractivity contribution in [2.24, 2.45) is 0 Å². The molecule has 0 aliphatic carbocycles. The molecule has 7 heteroatoms. The number of carbonyl (C=O) groups excluding carboxylic acids is 1. The van der Waals surface area contributed by atoms with E-state index in [4.69, 9.17) is 4.74 Å². The zero-order valence-corrected chi connectivity index (χ0v) is 19.0. The van der Waals surface area contributed by atoms with Crippen molar-refractivity contribution in [3.05, 3.63) is 65.4 Å². The summed E-state index contributed by atoms with van der Waals surface area (Å²) in [5.41, 5.74) is 4.36. The van der Waals surface area contributed by atoms with Gasteiger partial charge >= 0.3 is 5.97 Å². The summed E-state index contributed by atoms with van der Waals surface area (Å²) >= 11 is 0. The van der Waals surface area contributed by atoms with Crippen LogP contribution in [-0.2, 0) is 26.1 Å². The molecule has 2 aromatic carbocycles. The van der Waals surface area contributed by atoms with E-state index in [1.165, 1.54) is 17.0 Å². The maximum atomic E-state index is 13.5. The molecule has 6 nitrogen and oxygen atoms in total. The number of hydrogen-bond acceptors (Lipinski definition) is 4. The fourth-order valence-corrected chi connectivity index (χ4v) is 6.13. The zero-order chi connectivity index (χ0) is 22.2. The Labute approximate surface area is 183 Å². The Kier molecular flexibility index (Phi) is 5.90. The lowest BCUT2D eigenvalue weighted by atomic mass is 10.1. The number of carbonyl (C=O) groups is 1. The van der Waals surface area contributed by atoms with Crippen LogP contribution in [0.3, 0.4) is 0 Å². The second-order valence-corrected chi connectivity index (χ2v) is 10.0. The van der Waals surface area contributed by atoms with Gasteiger partial charge in [0, 0.05) is 29.7 Å². The molecular formula is C24H28N2O4S. The number of sulfonamides is 1. The lowest BCUT2D eigenvalue weighted by molar-refractivity contribution is -0.146. The SMILES string of the molecule is COC(=O)C1CCCCN1S(=O)(=O)c1ccc2c(c1)c(C)c(C)n2Cc1ccccc1. The van der Waals surface area contributed by atoms with Gasteiger partial charge in [0.05, 0.1) is 12.0 Å². The minimum absolute atomic E-state index is 0.218. The number of benzene rings is 2. The lowest BCUT2D eigenvalue weighted by Gasteiger charge is -2.32. The van der Waals surface area contributed by atoms with Gasteiger partial charge in [-0.15, -0.1) is 0 Å². The van der Waals surface area contributed by atoms with Crippen LogP contribution in [0.15, 0.2) is 53.4 Å². The predicted molar refractivity (Wildman–Crippen MR) is 121 cm³/mol. The Morgan fingerprint density at radius 3 is 2.55 bits per heavy atom. The molecule has 1 unspecified atom stereocenters. The van der Waals surface area contributed by atoms with Gasteiger partial charge in [-0.3, -0.25) is 4.79 Å². The fourth-order valence-electron chi connectivity index (χ4n) is 4.46. The third-order valence-electron chi connectivity index (χ3n) is 6.33. The molecule has 164 valence electrons. The number of piperidine rings is 1. The molecule has 0 bridgehead atoms. The molecule has 1 saturated heterocycles. The van der Waals surface area contributed by atoms with E-state index < -0.39 is 22.0 Å². The van der Waals surface area contributed by atoms with Gasteiger partial charge in [0.1, 0.15) is 6.04 Å². The average Bonchev–Trinajstić information content (AvgIpc) is 3.03. The maximum absolute atomic E-state index is 13.5. The second-order valence-electron chi connectivity index (χ2n) is 8.11. The van der Waals surface area contributed by atoms with Crippen LogP contribution in [0, 0.1) is 13.8 Å². The standard InChI is InChI=1S/C24H28N2O4S/c1-17-18(2)25(16-19-9-5-4-6-10-19)22-13-12-20(15-21(17)22)31(28,29)26-14-8-7-11-23(26)24(27)30-3/h4-6,9-10,12-13,15,23H,7-8,11,14,16H2,1-3H3. The minimum atomic E-state index is -3.81. The molecule has 0 amide bonds. The number of rotatable bonds is 5. The van der Waals surface area contributed by atoms with Crippen LogP contribution in [0.2, 0.25) is 0 Å². The zero-order valence-electron chi connectivity index (χ0n) is 18.2. The van der Waals surface area contributed by atoms with Crippen LogP contribution in [0.5, 0.6) is 0 Å². The lowest BCUT2D eigenvalue weighted by Crippen LogP contribution is -2.48. The molecule has 1 aromatic heterocycles. The number of aryl methyl sites for hydroxylation is 1. The first-order valence-corrected chi connectivity index (χ1v) is 12.0.